The lowest BCUT2D eigenvalue weighted by molar-refractivity contribution is -0.137. The van der Waals surface area contributed by atoms with Crippen LogP contribution >= 0.6 is 0 Å². The molecule has 0 fully saturated rings. The van der Waals surface area contributed by atoms with Crippen LogP contribution in [-0.4, -0.2) is 5.91 Å². The molecule has 0 spiro atoms. The number of carbonyl (C=O) groups excluding carboxylic acids is 1. The van der Waals surface area contributed by atoms with Crippen molar-refractivity contribution in [2.45, 2.75) is 39.3 Å². The van der Waals surface area contributed by atoms with E-state index < -0.39 is 23.2 Å². The molecule has 0 bridgehead atoms. The lowest BCUT2D eigenvalue weighted by Crippen LogP contribution is -2.20. The molecule has 0 heterocycles. The van der Waals surface area contributed by atoms with Gasteiger partial charge in [0, 0.05) is 0 Å². The Balaban J connectivity index is 2.72. The summed E-state index contributed by atoms with van der Waals surface area (Å²) in [6, 6.07) is 11.0. The molecule has 2 aromatic carbocycles. The number of nitrogens with two attached hydrogens (primary N) is 1. The molecule has 0 aliphatic heterocycles. The van der Waals surface area contributed by atoms with Crippen LogP contribution in [0.25, 0.3) is 11.1 Å². The standard InChI is InChI=1S/C20H22F3NO/c1-12(2)11-13(3)14-7-4-5-8-15(14)16-9-6-10-17(19(24)25)18(16)20(21,22)23/h4-10,12-13H,11H2,1-3H3,(H2,24,25). The molecule has 2 aromatic rings. The molecular formula is C20H22F3NO. The maximum Gasteiger partial charge on any atom is 0.417 e. The second-order valence-corrected chi connectivity index (χ2v) is 6.71. The highest BCUT2D eigenvalue weighted by Gasteiger charge is 2.38. The molecule has 2 nitrogen and oxygen atoms in total. The van der Waals surface area contributed by atoms with Crippen molar-refractivity contribution in [3.8, 4) is 11.1 Å². The van der Waals surface area contributed by atoms with Gasteiger partial charge in [0.2, 0.25) is 5.91 Å². The summed E-state index contributed by atoms with van der Waals surface area (Å²) in [5.41, 5.74) is 5.04. The van der Waals surface area contributed by atoms with Crippen LogP contribution < -0.4 is 5.73 Å². The Kier molecular flexibility index (Phi) is 5.55. The van der Waals surface area contributed by atoms with E-state index in [1.54, 1.807) is 12.1 Å². The van der Waals surface area contributed by atoms with Crippen LogP contribution in [0.4, 0.5) is 13.2 Å². The van der Waals surface area contributed by atoms with Gasteiger partial charge in [-0.1, -0.05) is 57.2 Å². The first-order valence-electron chi connectivity index (χ1n) is 8.22. The molecule has 1 unspecified atom stereocenters. The number of benzene rings is 2. The zero-order valence-corrected chi connectivity index (χ0v) is 14.5. The van der Waals surface area contributed by atoms with Crippen LogP contribution in [0.15, 0.2) is 42.5 Å². The quantitative estimate of drug-likeness (QED) is 0.748. The number of alkyl halides is 3. The summed E-state index contributed by atoms with van der Waals surface area (Å²) in [6.45, 7) is 6.16. The maximum absolute atomic E-state index is 13.7. The van der Waals surface area contributed by atoms with Gasteiger partial charge in [-0.05, 0) is 41.0 Å². The predicted molar refractivity (Wildman–Crippen MR) is 93.3 cm³/mol. The summed E-state index contributed by atoms with van der Waals surface area (Å²) >= 11 is 0. The smallest absolute Gasteiger partial charge is 0.366 e. The van der Waals surface area contributed by atoms with E-state index in [0.29, 0.717) is 11.5 Å². The van der Waals surface area contributed by atoms with Crippen LogP contribution in [-0.2, 0) is 6.18 Å². The van der Waals surface area contributed by atoms with E-state index in [2.05, 4.69) is 13.8 Å². The van der Waals surface area contributed by atoms with Gasteiger partial charge in [-0.2, -0.15) is 13.2 Å². The molecule has 0 aliphatic rings. The van der Waals surface area contributed by atoms with E-state index in [0.717, 1.165) is 18.1 Å². The van der Waals surface area contributed by atoms with Crippen molar-refractivity contribution in [1.29, 1.82) is 0 Å². The fourth-order valence-corrected chi connectivity index (χ4v) is 3.29. The lowest BCUT2D eigenvalue weighted by Gasteiger charge is -2.22. The summed E-state index contributed by atoms with van der Waals surface area (Å²) in [5, 5.41) is 0. The highest BCUT2D eigenvalue weighted by Crippen LogP contribution is 2.42. The van der Waals surface area contributed by atoms with Crippen LogP contribution in [0.2, 0.25) is 0 Å². The van der Waals surface area contributed by atoms with E-state index in [9.17, 15) is 18.0 Å². The van der Waals surface area contributed by atoms with Gasteiger partial charge in [-0.25, -0.2) is 0 Å². The number of halogens is 3. The van der Waals surface area contributed by atoms with Crippen molar-refractivity contribution < 1.29 is 18.0 Å². The molecule has 0 saturated heterocycles. The topological polar surface area (TPSA) is 43.1 Å². The number of hydrogen-bond donors (Lipinski definition) is 1. The minimum Gasteiger partial charge on any atom is -0.366 e. The highest BCUT2D eigenvalue weighted by atomic mass is 19.4. The van der Waals surface area contributed by atoms with Gasteiger partial charge in [0.15, 0.2) is 0 Å². The maximum atomic E-state index is 13.7. The van der Waals surface area contributed by atoms with E-state index in [-0.39, 0.29) is 11.5 Å². The third kappa shape index (κ3) is 4.21. The Morgan fingerprint density at radius 1 is 1.00 bits per heavy atom. The molecule has 0 aliphatic carbocycles. The average molecular weight is 349 g/mol. The largest absolute Gasteiger partial charge is 0.417 e. The summed E-state index contributed by atoms with van der Waals surface area (Å²) in [6.07, 6.45) is -3.82. The summed E-state index contributed by atoms with van der Waals surface area (Å²) < 4.78 is 41.1. The van der Waals surface area contributed by atoms with Gasteiger partial charge in [-0.15, -0.1) is 0 Å². The average Bonchev–Trinajstić information content (AvgIpc) is 2.52. The third-order valence-corrected chi connectivity index (χ3v) is 4.22. The molecule has 1 amide bonds. The van der Waals surface area contributed by atoms with E-state index in [4.69, 9.17) is 5.73 Å². The third-order valence-electron chi connectivity index (χ3n) is 4.22. The number of hydrogen-bond acceptors (Lipinski definition) is 1. The number of rotatable bonds is 5. The van der Waals surface area contributed by atoms with Crippen molar-refractivity contribution in [1.82, 2.24) is 0 Å². The molecule has 0 radical (unpaired) electrons. The van der Waals surface area contributed by atoms with Crippen LogP contribution in [0.3, 0.4) is 0 Å². The zero-order chi connectivity index (χ0) is 18.8. The van der Waals surface area contributed by atoms with Gasteiger partial charge >= 0.3 is 6.18 Å². The molecule has 2 N–H and O–H groups in total. The second kappa shape index (κ2) is 7.30. The van der Waals surface area contributed by atoms with Crippen molar-refractivity contribution in [3.05, 3.63) is 59.2 Å². The molecule has 0 saturated carbocycles. The van der Waals surface area contributed by atoms with Crippen molar-refractivity contribution >= 4 is 5.91 Å². The first-order valence-corrected chi connectivity index (χ1v) is 8.22. The minimum atomic E-state index is -4.67. The molecule has 5 heteroatoms. The van der Waals surface area contributed by atoms with E-state index in [1.807, 2.05) is 19.1 Å². The van der Waals surface area contributed by atoms with Gasteiger partial charge in [0.05, 0.1) is 11.1 Å². The van der Waals surface area contributed by atoms with Crippen molar-refractivity contribution in [2.24, 2.45) is 11.7 Å². The Morgan fingerprint density at radius 2 is 1.60 bits per heavy atom. The first-order chi connectivity index (χ1) is 11.6. The molecule has 2 rings (SSSR count). The van der Waals surface area contributed by atoms with Crippen molar-refractivity contribution in [3.63, 3.8) is 0 Å². The number of primary amides is 1. The first kappa shape index (κ1) is 19.0. The summed E-state index contributed by atoms with van der Waals surface area (Å²) in [5.74, 6) is -0.571. The van der Waals surface area contributed by atoms with Crippen LogP contribution in [0.5, 0.6) is 0 Å². The second-order valence-electron chi connectivity index (χ2n) is 6.71. The Bertz CT molecular complexity index is 766. The Labute approximate surface area is 145 Å². The van der Waals surface area contributed by atoms with E-state index >= 15 is 0 Å². The molecule has 1 atom stereocenters. The zero-order valence-electron chi connectivity index (χ0n) is 14.5. The van der Waals surface area contributed by atoms with Crippen molar-refractivity contribution in [2.75, 3.05) is 0 Å². The van der Waals surface area contributed by atoms with Gasteiger partial charge in [0.1, 0.15) is 0 Å². The SMILES string of the molecule is CC(C)CC(C)c1ccccc1-c1cccc(C(N)=O)c1C(F)(F)F. The van der Waals surface area contributed by atoms with Crippen LogP contribution in [0, 0.1) is 5.92 Å². The van der Waals surface area contributed by atoms with Gasteiger partial charge < -0.3 is 5.73 Å². The normalized spacial score (nSPS) is 13.1. The van der Waals surface area contributed by atoms with Gasteiger partial charge in [0.25, 0.3) is 0 Å². The molecule has 0 aromatic heterocycles. The summed E-state index contributed by atoms with van der Waals surface area (Å²) in [4.78, 5) is 11.5. The Morgan fingerprint density at radius 3 is 2.16 bits per heavy atom. The fraction of sp³-hybridized carbons (Fsp3) is 0.350. The summed E-state index contributed by atoms with van der Waals surface area (Å²) in [7, 11) is 0. The fourth-order valence-electron chi connectivity index (χ4n) is 3.29. The number of amides is 1. The monoisotopic (exact) mass is 349 g/mol. The number of carbonyl (C=O) groups is 1. The Hall–Kier alpha value is -2.30. The van der Waals surface area contributed by atoms with Crippen LogP contribution in [0.1, 0.15) is 54.6 Å². The van der Waals surface area contributed by atoms with Gasteiger partial charge in [-0.3, -0.25) is 4.79 Å². The highest BCUT2D eigenvalue weighted by molar-refractivity contribution is 5.97. The minimum absolute atomic E-state index is 0.00462. The molecular weight excluding hydrogens is 327 g/mol. The molecule has 25 heavy (non-hydrogen) atoms. The lowest BCUT2D eigenvalue weighted by atomic mass is 9.84. The predicted octanol–water partition coefficient (Wildman–Crippen LogP) is 5.62. The van der Waals surface area contributed by atoms with E-state index in [1.165, 1.54) is 12.1 Å². The molecule has 134 valence electrons.